The maximum atomic E-state index is 11.5. The van der Waals surface area contributed by atoms with Gasteiger partial charge in [-0.25, -0.2) is 0 Å². The van der Waals surface area contributed by atoms with Crippen LogP contribution in [-0.2, 0) is 25.0 Å². The van der Waals surface area contributed by atoms with Crippen molar-refractivity contribution < 1.29 is 33.1 Å². The number of unbranched alkanes of at least 4 members (excludes halogenated alkanes) is 12. The van der Waals surface area contributed by atoms with E-state index in [4.69, 9.17) is 18.5 Å². The van der Waals surface area contributed by atoms with Gasteiger partial charge in [0.25, 0.3) is 0 Å². The van der Waals surface area contributed by atoms with E-state index in [1.807, 2.05) is 12.1 Å². The Balaban J connectivity index is 2.24. The lowest BCUT2D eigenvalue weighted by molar-refractivity contribution is -0.858. The fourth-order valence-corrected chi connectivity index (χ4v) is 5.06. The van der Waals surface area contributed by atoms with Crippen molar-refractivity contribution in [3.8, 4) is 5.75 Å². The molecule has 0 saturated carbocycles. The third-order valence-corrected chi connectivity index (χ3v) is 7.40. The number of aryl methyl sites for hydroxylation is 1. The van der Waals surface area contributed by atoms with Gasteiger partial charge in [-0.1, -0.05) is 89.7 Å². The highest BCUT2D eigenvalue weighted by Crippen LogP contribution is 2.33. The average molecular weight is 571 g/mol. The first-order valence-corrected chi connectivity index (χ1v) is 16.5. The van der Waals surface area contributed by atoms with Gasteiger partial charge in [0.15, 0.2) is 6.10 Å². The quantitative estimate of drug-likeness (QED) is 0.0761. The van der Waals surface area contributed by atoms with E-state index in [1.54, 1.807) is 0 Å². The summed E-state index contributed by atoms with van der Waals surface area (Å²) in [6.07, 6.45) is 18.5. The maximum Gasteiger partial charge on any atom is 0.329 e. The van der Waals surface area contributed by atoms with E-state index >= 15 is 0 Å². The number of hydrogen-bond donors (Lipinski definition) is 2. The minimum atomic E-state index is -2.01. The third kappa shape index (κ3) is 22.2. The summed E-state index contributed by atoms with van der Waals surface area (Å²) < 4.78 is 22.0. The van der Waals surface area contributed by atoms with Gasteiger partial charge < -0.3 is 28.3 Å². The second-order valence-electron chi connectivity index (χ2n) is 10.9. The minimum Gasteiger partial charge on any atom is -0.490 e. The number of nitrogens with one attached hydrogen (secondary N) is 1. The van der Waals surface area contributed by atoms with E-state index in [2.05, 4.69) is 33.2 Å². The predicted octanol–water partition coefficient (Wildman–Crippen LogP) is 6.42. The summed E-state index contributed by atoms with van der Waals surface area (Å²) in [6.45, 7) is 5.29. The Hall–Kier alpha value is -1.24. The van der Waals surface area contributed by atoms with E-state index < -0.39 is 20.7 Å². The summed E-state index contributed by atoms with van der Waals surface area (Å²) in [4.78, 5) is 22.9. The summed E-state index contributed by atoms with van der Waals surface area (Å²) >= 11 is 0. The number of esters is 1. The smallest absolute Gasteiger partial charge is 0.329 e. The van der Waals surface area contributed by atoms with Crippen LogP contribution < -0.4 is 9.64 Å². The number of rotatable bonds is 26. The average Bonchev–Trinajstić information content (AvgIpc) is 2.90. The van der Waals surface area contributed by atoms with Gasteiger partial charge >= 0.3 is 14.6 Å². The van der Waals surface area contributed by atoms with E-state index in [0.29, 0.717) is 6.61 Å². The Morgan fingerprint density at radius 1 is 0.872 bits per heavy atom. The van der Waals surface area contributed by atoms with Gasteiger partial charge in [-0.2, -0.15) is 0 Å². The molecule has 1 rings (SSSR count). The van der Waals surface area contributed by atoms with Crippen molar-refractivity contribution in [3.63, 3.8) is 0 Å². The van der Waals surface area contributed by atoms with Gasteiger partial charge in [0.1, 0.15) is 12.4 Å². The van der Waals surface area contributed by atoms with Gasteiger partial charge in [-0.3, -0.25) is 4.79 Å². The van der Waals surface area contributed by atoms with Crippen molar-refractivity contribution in [2.45, 2.75) is 116 Å². The number of carbonyl (C=O) groups is 1. The van der Waals surface area contributed by atoms with Crippen LogP contribution in [0.5, 0.6) is 5.75 Å². The molecular formula is C31H57NO6P+. The third-order valence-electron chi connectivity index (χ3n) is 6.63. The summed E-state index contributed by atoms with van der Waals surface area (Å²) in [5.41, 5.74) is 1.25. The maximum absolute atomic E-state index is 11.5. The molecule has 0 aromatic heterocycles. The minimum absolute atomic E-state index is 0.0160. The van der Waals surface area contributed by atoms with E-state index in [0.717, 1.165) is 31.6 Å². The Bertz CT molecular complexity index is 720. The van der Waals surface area contributed by atoms with Gasteiger partial charge in [0.05, 0.1) is 33.9 Å². The monoisotopic (exact) mass is 570 g/mol. The predicted molar refractivity (Wildman–Crippen MR) is 160 cm³/mol. The van der Waals surface area contributed by atoms with Crippen molar-refractivity contribution in [2.75, 3.05) is 40.5 Å². The molecule has 226 valence electrons. The van der Waals surface area contributed by atoms with Crippen LogP contribution in [0.4, 0.5) is 0 Å². The molecule has 39 heavy (non-hydrogen) atoms. The molecule has 0 spiro atoms. The standard InChI is InChI=1S/C31H56NO6P/c1-5-6-7-8-9-10-11-12-13-14-15-16-20-29-21-19-22-30(25-29)35-26-31(38-28(2)33)27-37-39(34)36-24-18-17-23-32(3)4/h19,21-22,25,31,34H,5-18,20,23-24,26-27H2,1-4H3/p+1. The van der Waals surface area contributed by atoms with Crippen molar-refractivity contribution in [2.24, 2.45) is 0 Å². The summed E-state index contributed by atoms with van der Waals surface area (Å²) in [5.74, 6) is 0.330. The lowest BCUT2D eigenvalue weighted by Gasteiger charge is -2.19. The summed E-state index contributed by atoms with van der Waals surface area (Å²) in [7, 11) is 2.20. The van der Waals surface area contributed by atoms with Gasteiger partial charge in [0.2, 0.25) is 0 Å². The van der Waals surface area contributed by atoms with E-state index in [-0.39, 0.29) is 13.2 Å². The summed E-state index contributed by atoms with van der Waals surface area (Å²) in [6, 6.07) is 8.10. The second kappa shape index (κ2) is 24.5. The first-order valence-electron chi connectivity index (χ1n) is 15.3. The second-order valence-corrected chi connectivity index (χ2v) is 11.9. The first-order chi connectivity index (χ1) is 18.9. The van der Waals surface area contributed by atoms with Gasteiger partial charge in [-0.05, 0) is 43.4 Å². The normalized spacial score (nSPS) is 13.0. The van der Waals surface area contributed by atoms with Crippen LogP contribution in [0.15, 0.2) is 24.3 Å². The largest absolute Gasteiger partial charge is 0.490 e. The zero-order valence-corrected chi connectivity index (χ0v) is 26.2. The Kier molecular flexibility index (Phi) is 22.5. The number of quaternary nitrogens is 1. The fraction of sp³-hybridized carbons (Fsp3) is 0.774. The molecule has 2 atom stereocenters. The Labute approximate surface area is 239 Å². The SMILES string of the molecule is CCCCCCCCCCCCCCc1cccc(OCC(COP(O)OCCCC[NH+](C)C)OC(C)=O)c1. The fourth-order valence-electron chi connectivity index (χ4n) is 4.41. The molecule has 0 heterocycles. The topological polar surface area (TPSA) is 78.7 Å². The van der Waals surface area contributed by atoms with Gasteiger partial charge in [-0.15, -0.1) is 0 Å². The molecule has 0 radical (unpaired) electrons. The van der Waals surface area contributed by atoms with Crippen molar-refractivity contribution >= 4 is 14.6 Å². The molecule has 1 aromatic carbocycles. The van der Waals surface area contributed by atoms with E-state index in [9.17, 15) is 9.69 Å². The first kappa shape index (κ1) is 35.8. The molecule has 0 aliphatic rings. The molecule has 0 fully saturated rings. The lowest BCUT2D eigenvalue weighted by Crippen LogP contribution is -3.05. The van der Waals surface area contributed by atoms with Crippen LogP contribution in [0.2, 0.25) is 0 Å². The number of ether oxygens (including phenoxy) is 2. The molecule has 1 aromatic rings. The van der Waals surface area contributed by atoms with Crippen molar-refractivity contribution in [1.82, 2.24) is 0 Å². The highest BCUT2D eigenvalue weighted by molar-refractivity contribution is 7.40. The molecule has 7 nitrogen and oxygen atoms in total. The Morgan fingerprint density at radius 3 is 2.13 bits per heavy atom. The number of hydrogen-bond acceptors (Lipinski definition) is 6. The molecule has 0 amide bonds. The van der Waals surface area contributed by atoms with Crippen LogP contribution in [0.25, 0.3) is 0 Å². The molecule has 0 bridgehead atoms. The molecule has 2 N–H and O–H groups in total. The van der Waals surface area contributed by atoms with E-state index in [1.165, 1.54) is 94.4 Å². The van der Waals surface area contributed by atoms with Crippen LogP contribution in [0, 0.1) is 0 Å². The molecule has 0 saturated heterocycles. The number of benzene rings is 1. The zero-order valence-electron chi connectivity index (χ0n) is 25.3. The molecular weight excluding hydrogens is 513 g/mol. The summed E-state index contributed by atoms with van der Waals surface area (Å²) in [5, 5.41) is 0. The molecule has 0 aliphatic carbocycles. The van der Waals surface area contributed by atoms with Crippen LogP contribution in [0.1, 0.15) is 109 Å². The van der Waals surface area contributed by atoms with Crippen LogP contribution in [0.3, 0.4) is 0 Å². The zero-order chi connectivity index (χ0) is 28.6. The molecule has 2 unspecified atom stereocenters. The molecule has 0 aliphatic heterocycles. The highest BCUT2D eigenvalue weighted by Gasteiger charge is 2.17. The van der Waals surface area contributed by atoms with Crippen LogP contribution in [-0.4, -0.2) is 57.4 Å². The highest BCUT2D eigenvalue weighted by atomic mass is 31.2. The number of carbonyl (C=O) groups excluding carboxylic acids is 1. The van der Waals surface area contributed by atoms with Gasteiger partial charge in [0, 0.05) is 6.92 Å². The van der Waals surface area contributed by atoms with Crippen molar-refractivity contribution in [1.29, 1.82) is 0 Å². The van der Waals surface area contributed by atoms with Crippen LogP contribution >= 0.6 is 8.60 Å². The Morgan fingerprint density at radius 2 is 1.51 bits per heavy atom. The lowest BCUT2D eigenvalue weighted by atomic mass is 10.0. The molecule has 8 heteroatoms. The van der Waals surface area contributed by atoms with Crippen molar-refractivity contribution in [3.05, 3.63) is 29.8 Å².